The zero-order chi connectivity index (χ0) is 13.0. The molecule has 1 unspecified atom stereocenters. The molecule has 0 aliphatic carbocycles. The van der Waals surface area contributed by atoms with Gasteiger partial charge in [-0.1, -0.05) is 0 Å². The molecule has 0 bridgehead atoms. The Hall–Kier alpha value is -1.62. The molecule has 5 nitrogen and oxygen atoms in total. The van der Waals surface area contributed by atoms with Crippen molar-refractivity contribution < 1.29 is 4.79 Å². The molecule has 0 saturated carbocycles. The van der Waals surface area contributed by atoms with Crippen LogP contribution in [0.15, 0.2) is 23.3 Å². The summed E-state index contributed by atoms with van der Waals surface area (Å²) in [4.78, 5) is 28.4. The molecule has 1 aliphatic rings. The van der Waals surface area contributed by atoms with Gasteiger partial charge < -0.3 is 15.6 Å². The summed E-state index contributed by atoms with van der Waals surface area (Å²) in [6, 6.07) is 1.38. The standard InChI is InChI=1S/C13H19N3O2/c14-5-3-10-2-1-7-16(9-10)13(18)11-8-15-6-4-12(11)17/h4,6,8,10H,1-3,5,7,9,14H2,(H,15,17). The van der Waals surface area contributed by atoms with E-state index in [-0.39, 0.29) is 16.9 Å². The third-order valence-electron chi connectivity index (χ3n) is 3.44. The van der Waals surface area contributed by atoms with Crippen molar-refractivity contribution in [2.24, 2.45) is 11.7 Å². The Labute approximate surface area is 106 Å². The van der Waals surface area contributed by atoms with Gasteiger partial charge in [-0.05, 0) is 31.7 Å². The fourth-order valence-corrected chi connectivity index (χ4v) is 2.47. The number of H-pyrrole nitrogens is 1. The van der Waals surface area contributed by atoms with Crippen molar-refractivity contribution in [2.75, 3.05) is 19.6 Å². The van der Waals surface area contributed by atoms with E-state index in [0.29, 0.717) is 19.0 Å². The molecule has 1 amide bonds. The van der Waals surface area contributed by atoms with Crippen LogP contribution in [0.2, 0.25) is 0 Å². The maximum atomic E-state index is 12.2. The van der Waals surface area contributed by atoms with Gasteiger partial charge in [0, 0.05) is 31.5 Å². The van der Waals surface area contributed by atoms with Crippen molar-refractivity contribution in [3.05, 3.63) is 34.2 Å². The van der Waals surface area contributed by atoms with Crippen LogP contribution >= 0.6 is 0 Å². The molecule has 0 radical (unpaired) electrons. The van der Waals surface area contributed by atoms with E-state index < -0.39 is 0 Å². The first-order valence-corrected chi connectivity index (χ1v) is 6.39. The Morgan fingerprint density at radius 2 is 2.39 bits per heavy atom. The fraction of sp³-hybridized carbons (Fsp3) is 0.538. The molecule has 0 aromatic carbocycles. The number of nitrogens with one attached hydrogen (secondary N) is 1. The van der Waals surface area contributed by atoms with Crippen LogP contribution in [0.4, 0.5) is 0 Å². The summed E-state index contributed by atoms with van der Waals surface area (Å²) < 4.78 is 0. The lowest BCUT2D eigenvalue weighted by Gasteiger charge is -2.32. The molecular weight excluding hydrogens is 230 g/mol. The van der Waals surface area contributed by atoms with E-state index in [1.165, 1.54) is 18.5 Å². The van der Waals surface area contributed by atoms with Crippen LogP contribution in [0, 0.1) is 5.92 Å². The van der Waals surface area contributed by atoms with E-state index in [4.69, 9.17) is 5.73 Å². The third-order valence-corrected chi connectivity index (χ3v) is 3.44. The minimum Gasteiger partial charge on any atom is -0.367 e. The summed E-state index contributed by atoms with van der Waals surface area (Å²) in [6.07, 6.45) is 6.06. The molecule has 0 spiro atoms. The zero-order valence-corrected chi connectivity index (χ0v) is 10.4. The molecular formula is C13H19N3O2. The van der Waals surface area contributed by atoms with Gasteiger partial charge in [0.15, 0.2) is 5.43 Å². The molecule has 2 rings (SSSR count). The van der Waals surface area contributed by atoms with E-state index in [2.05, 4.69) is 4.98 Å². The maximum Gasteiger partial charge on any atom is 0.259 e. The molecule has 1 saturated heterocycles. The zero-order valence-electron chi connectivity index (χ0n) is 10.4. The Morgan fingerprint density at radius 3 is 3.11 bits per heavy atom. The van der Waals surface area contributed by atoms with Gasteiger partial charge >= 0.3 is 0 Å². The van der Waals surface area contributed by atoms with Crippen LogP contribution in [-0.2, 0) is 0 Å². The number of nitrogens with zero attached hydrogens (tertiary/aromatic N) is 1. The quantitative estimate of drug-likeness (QED) is 0.822. The molecule has 1 atom stereocenters. The van der Waals surface area contributed by atoms with Crippen molar-refractivity contribution in [3.8, 4) is 0 Å². The molecule has 1 fully saturated rings. The van der Waals surface area contributed by atoms with Gasteiger partial charge in [-0.25, -0.2) is 0 Å². The van der Waals surface area contributed by atoms with Gasteiger partial charge in [0.25, 0.3) is 5.91 Å². The number of likely N-dealkylation sites (tertiary alicyclic amines) is 1. The number of hydrogen-bond acceptors (Lipinski definition) is 3. The highest BCUT2D eigenvalue weighted by Crippen LogP contribution is 2.19. The second-order valence-corrected chi connectivity index (χ2v) is 4.76. The number of pyridine rings is 1. The largest absolute Gasteiger partial charge is 0.367 e. The molecule has 2 heterocycles. The summed E-state index contributed by atoms with van der Waals surface area (Å²) in [5.74, 6) is 0.300. The van der Waals surface area contributed by atoms with Crippen LogP contribution in [0.3, 0.4) is 0 Å². The summed E-state index contributed by atoms with van der Waals surface area (Å²) in [6.45, 7) is 2.09. The number of carbonyl (C=O) groups excluding carboxylic acids is 1. The van der Waals surface area contributed by atoms with Gasteiger partial charge in [-0.15, -0.1) is 0 Å². The fourth-order valence-electron chi connectivity index (χ4n) is 2.47. The van der Waals surface area contributed by atoms with Gasteiger partial charge in [-0.2, -0.15) is 0 Å². The van der Waals surface area contributed by atoms with Gasteiger partial charge in [0.1, 0.15) is 5.56 Å². The first-order chi connectivity index (χ1) is 8.72. The normalized spacial score (nSPS) is 19.8. The molecule has 1 aromatic rings. The van der Waals surface area contributed by atoms with Crippen LogP contribution in [-0.4, -0.2) is 35.4 Å². The second-order valence-electron chi connectivity index (χ2n) is 4.76. The Morgan fingerprint density at radius 1 is 1.56 bits per heavy atom. The summed E-state index contributed by atoms with van der Waals surface area (Å²) in [5, 5.41) is 0. The highest BCUT2D eigenvalue weighted by molar-refractivity contribution is 5.93. The number of carbonyl (C=O) groups is 1. The predicted octanol–water partition coefficient (Wildman–Crippen LogP) is 0.576. The topological polar surface area (TPSA) is 79.2 Å². The smallest absolute Gasteiger partial charge is 0.259 e. The summed E-state index contributed by atoms with van der Waals surface area (Å²) >= 11 is 0. The lowest BCUT2D eigenvalue weighted by atomic mass is 9.94. The van der Waals surface area contributed by atoms with Crippen LogP contribution in [0.1, 0.15) is 29.6 Å². The second kappa shape index (κ2) is 5.82. The molecule has 18 heavy (non-hydrogen) atoms. The van der Waals surface area contributed by atoms with Crippen LogP contribution in [0.5, 0.6) is 0 Å². The number of piperidine rings is 1. The number of hydrogen-bond donors (Lipinski definition) is 2. The molecule has 1 aromatic heterocycles. The highest BCUT2D eigenvalue weighted by Gasteiger charge is 2.25. The minimum atomic E-state index is -0.223. The maximum absolute atomic E-state index is 12.2. The van der Waals surface area contributed by atoms with Crippen molar-refractivity contribution in [1.82, 2.24) is 9.88 Å². The van der Waals surface area contributed by atoms with Crippen LogP contribution < -0.4 is 11.2 Å². The minimum absolute atomic E-state index is 0.168. The van der Waals surface area contributed by atoms with Gasteiger partial charge in [0.05, 0.1) is 0 Å². The van der Waals surface area contributed by atoms with Crippen molar-refractivity contribution >= 4 is 5.91 Å². The van der Waals surface area contributed by atoms with E-state index in [1.54, 1.807) is 4.90 Å². The predicted molar refractivity (Wildman–Crippen MR) is 69.4 cm³/mol. The van der Waals surface area contributed by atoms with E-state index >= 15 is 0 Å². The average Bonchev–Trinajstić information content (AvgIpc) is 2.39. The number of aromatic amines is 1. The van der Waals surface area contributed by atoms with Crippen molar-refractivity contribution in [1.29, 1.82) is 0 Å². The summed E-state index contributed by atoms with van der Waals surface area (Å²) in [7, 11) is 0. The van der Waals surface area contributed by atoms with Crippen molar-refractivity contribution in [3.63, 3.8) is 0 Å². The van der Waals surface area contributed by atoms with E-state index in [9.17, 15) is 9.59 Å². The number of amides is 1. The molecule has 5 heteroatoms. The van der Waals surface area contributed by atoms with E-state index in [1.807, 2.05) is 0 Å². The monoisotopic (exact) mass is 249 g/mol. The number of rotatable bonds is 3. The van der Waals surface area contributed by atoms with Gasteiger partial charge in [0.2, 0.25) is 0 Å². The van der Waals surface area contributed by atoms with Crippen LogP contribution in [0.25, 0.3) is 0 Å². The average molecular weight is 249 g/mol. The Bertz CT molecular complexity index is 467. The van der Waals surface area contributed by atoms with E-state index in [0.717, 1.165) is 25.8 Å². The Kier molecular flexibility index (Phi) is 4.15. The first-order valence-electron chi connectivity index (χ1n) is 6.39. The lowest BCUT2D eigenvalue weighted by molar-refractivity contribution is 0.0668. The molecule has 98 valence electrons. The lowest BCUT2D eigenvalue weighted by Crippen LogP contribution is -2.42. The van der Waals surface area contributed by atoms with Crippen molar-refractivity contribution in [2.45, 2.75) is 19.3 Å². The number of nitrogens with two attached hydrogens (primary N) is 1. The van der Waals surface area contributed by atoms with Gasteiger partial charge in [-0.3, -0.25) is 9.59 Å². The third kappa shape index (κ3) is 2.79. The Balaban J connectivity index is 2.09. The molecule has 3 N–H and O–H groups in total. The number of aromatic nitrogens is 1. The highest BCUT2D eigenvalue weighted by atomic mass is 16.2. The molecule has 1 aliphatic heterocycles. The summed E-state index contributed by atoms with van der Waals surface area (Å²) in [5.41, 5.74) is 5.56. The SMILES string of the molecule is NCCC1CCCN(C(=O)c2c[nH]ccc2=O)C1. The first kappa shape index (κ1) is 12.8.